The second-order valence-corrected chi connectivity index (χ2v) is 9.26. The third-order valence-corrected chi connectivity index (χ3v) is 6.91. The summed E-state index contributed by atoms with van der Waals surface area (Å²) in [5.41, 5.74) is 5.16. The van der Waals surface area contributed by atoms with Crippen LogP contribution in [-0.2, 0) is 0 Å². The van der Waals surface area contributed by atoms with Gasteiger partial charge in [-0.3, -0.25) is 4.79 Å². The zero-order chi connectivity index (χ0) is 24.7. The summed E-state index contributed by atoms with van der Waals surface area (Å²) in [6.45, 7) is 1.31. The first-order valence-corrected chi connectivity index (χ1v) is 12.7. The van der Waals surface area contributed by atoms with E-state index in [1.165, 1.54) is 22.7 Å². The molecule has 1 aromatic heterocycles. The van der Waals surface area contributed by atoms with E-state index in [-0.39, 0.29) is 5.91 Å². The van der Waals surface area contributed by atoms with Crippen LogP contribution < -0.4 is 15.4 Å². The third-order valence-electron chi connectivity index (χ3n) is 6.08. The molecule has 0 saturated heterocycles. The quantitative estimate of drug-likeness (QED) is 0.220. The number of hydrogen-bond acceptors (Lipinski definition) is 5. The normalized spacial score (nSPS) is 10.8. The molecule has 0 aliphatic heterocycles. The van der Waals surface area contributed by atoms with Crippen LogP contribution in [0.15, 0.2) is 97.1 Å². The van der Waals surface area contributed by atoms with E-state index in [2.05, 4.69) is 45.3 Å². The number of hydrogen-bond donors (Lipinski definition) is 2. The van der Waals surface area contributed by atoms with Crippen molar-refractivity contribution in [2.45, 2.75) is 6.42 Å². The van der Waals surface area contributed by atoms with E-state index >= 15 is 0 Å². The van der Waals surface area contributed by atoms with Crippen LogP contribution in [0, 0.1) is 0 Å². The summed E-state index contributed by atoms with van der Waals surface area (Å²) in [4.78, 5) is 12.6. The van der Waals surface area contributed by atoms with Crippen molar-refractivity contribution in [1.29, 1.82) is 0 Å². The molecule has 0 atom stereocenters. The molecule has 0 fully saturated rings. The van der Waals surface area contributed by atoms with Crippen LogP contribution in [-0.4, -0.2) is 30.5 Å². The number of nitrogens with one attached hydrogen (secondary N) is 2. The molecule has 180 valence electrons. The minimum atomic E-state index is -0.0668. The zero-order valence-corrected chi connectivity index (χ0v) is 20.8. The molecule has 36 heavy (non-hydrogen) atoms. The maximum absolute atomic E-state index is 12.6. The van der Waals surface area contributed by atoms with Gasteiger partial charge in [-0.1, -0.05) is 60.7 Å². The SMILES string of the molecule is COc1ccc(-c2ccc(C(=O)NCCCNc3nsc4ccc(-c5ccccc5)cc34)cc2)cc1. The second kappa shape index (κ2) is 11.1. The Hall–Kier alpha value is -4.16. The Morgan fingerprint density at radius 3 is 2.19 bits per heavy atom. The first-order chi connectivity index (χ1) is 17.7. The van der Waals surface area contributed by atoms with Crippen molar-refractivity contribution in [3.05, 3.63) is 103 Å². The maximum atomic E-state index is 12.6. The van der Waals surface area contributed by atoms with Gasteiger partial charge < -0.3 is 15.4 Å². The number of methoxy groups -OCH3 is 1. The Morgan fingerprint density at radius 1 is 0.806 bits per heavy atom. The Balaban J connectivity index is 1.12. The van der Waals surface area contributed by atoms with Crippen LogP contribution in [0.3, 0.4) is 0 Å². The first kappa shape index (κ1) is 23.6. The van der Waals surface area contributed by atoms with Crippen molar-refractivity contribution in [3.8, 4) is 28.0 Å². The van der Waals surface area contributed by atoms with E-state index in [1.54, 1.807) is 7.11 Å². The summed E-state index contributed by atoms with van der Waals surface area (Å²) < 4.78 is 11.0. The summed E-state index contributed by atoms with van der Waals surface area (Å²) in [7, 11) is 1.65. The summed E-state index contributed by atoms with van der Waals surface area (Å²) in [5.74, 6) is 1.65. The second-order valence-electron chi connectivity index (χ2n) is 8.45. The summed E-state index contributed by atoms with van der Waals surface area (Å²) in [6, 6.07) is 32.3. The van der Waals surface area contributed by atoms with Crippen LogP contribution in [0.25, 0.3) is 32.3 Å². The van der Waals surface area contributed by atoms with E-state index in [0.717, 1.165) is 45.7 Å². The molecule has 0 bridgehead atoms. The van der Waals surface area contributed by atoms with Gasteiger partial charge in [0.05, 0.1) is 11.8 Å². The van der Waals surface area contributed by atoms with E-state index in [9.17, 15) is 4.79 Å². The molecule has 2 N–H and O–H groups in total. The Kier molecular flexibility index (Phi) is 7.24. The summed E-state index contributed by atoms with van der Waals surface area (Å²) >= 11 is 1.50. The van der Waals surface area contributed by atoms with Crippen LogP contribution in [0.1, 0.15) is 16.8 Å². The van der Waals surface area contributed by atoms with E-state index in [4.69, 9.17) is 4.74 Å². The van der Waals surface area contributed by atoms with E-state index in [0.29, 0.717) is 12.1 Å². The molecule has 0 aliphatic rings. The minimum absolute atomic E-state index is 0.0668. The van der Waals surface area contributed by atoms with Gasteiger partial charge in [0.2, 0.25) is 0 Å². The minimum Gasteiger partial charge on any atom is -0.497 e. The fourth-order valence-corrected chi connectivity index (χ4v) is 4.81. The Bertz CT molecular complexity index is 1450. The lowest BCUT2D eigenvalue weighted by Gasteiger charge is -2.08. The van der Waals surface area contributed by atoms with E-state index < -0.39 is 0 Å². The molecule has 1 heterocycles. The van der Waals surface area contributed by atoms with Gasteiger partial charge in [0.15, 0.2) is 0 Å². The molecule has 0 spiro atoms. The van der Waals surface area contributed by atoms with Crippen LogP contribution in [0.5, 0.6) is 5.75 Å². The molecule has 1 amide bonds. The molecule has 5 aromatic rings. The third kappa shape index (κ3) is 5.39. The summed E-state index contributed by atoms with van der Waals surface area (Å²) in [6.07, 6.45) is 0.799. The number of rotatable bonds is 9. The fraction of sp³-hybridized carbons (Fsp3) is 0.133. The van der Waals surface area contributed by atoms with Crippen molar-refractivity contribution in [2.75, 3.05) is 25.5 Å². The molecule has 4 aromatic carbocycles. The molecular formula is C30H27N3O2S. The lowest BCUT2D eigenvalue weighted by molar-refractivity contribution is 0.0953. The molecule has 0 saturated carbocycles. The largest absolute Gasteiger partial charge is 0.497 e. The Labute approximate surface area is 214 Å². The zero-order valence-electron chi connectivity index (χ0n) is 20.0. The molecule has 5 nitrogen and oxygen atoms in total. The molecule has 0 unspecified atom stereocenters. The number of carbonyl (C=O) groups is 1. The van der Waals surface area contributed by atoms with Gasteiger partial charge in [-0.15, -0.1) is 0 Å². The number of ether oxygens (including phenoxy) is 1. The van der Waals surface area contributed by atoms with Gasteiger partial charge in [-0.2, -0.15) is 4.37 Å². The number of benzene rings is 4. The van der Waals surface area contributed by atoms with Crippen LogP contribution in [0.2, 0.25) is 0 Å². The molecule has 6 heteroatoms. The van der Waals surface area contributed by atoms with Crippen LogP contribution in [0.4, 0.5) is 5.82 Å². The lowest BCUT2D eigenvalue weighted by atomic mass is 10.0. The predicted molar refractivity (Wildman–Crippen MR) is 149 cm³/mol. The van der Waals surface area contributed by atoms with Crippen LogP contribution >= 0.6 is 11.5 Å². The lowest BCUT2D eigenvalue weighted by Crippen LogP contribution is -2.25. The highest BCUT2D eigenvalue weighted by molar-refractivity contribution is 7.13. The standard InChI is InChI=1S/C30H27N3O2S/c1-35-26-15-12-23(13-16-26)22-8-10-24(11-9-22)30(34)32-19-5-18-31-29-27-20-25(14-17-28(27)36-33-29)21-6-3-2-4-7-21/h2-4,6-17,20H,5,18-19H2,1H3,(H,31,33)(H,32,34). The summed E-state index contributed by atoms with van der Waals surface area (Å²) in [5, 5.41) is 7.57. The Morgan fingerprint density at radius 2 is 1.47 bits per heavy atom. The fourth-order valence-electron chi connectivity index (χ4n) is 4.07. The highest BCUT2D eigenvalue weighted by Gasteiger charge is 2.09. The van der Waals surface area contributed by atoms with E-state index in [1.807, 2.05) is 66.7 Å². The van der Waals surface area contributed by atoms with Gasteiger partial charge in [-0.25, -0.2) is 0 Å². The average Bonchev–Trinajstić information content (AvgIpc) is 3.35. The maximum Gasteiger partial charge on any atom is 0.251 e. The number of aromatic nitrogens is 1. The molecule has 5 rings (SSSR count). The van der Waals surface area contributed by atoms with Gasteiger partial charge in [-0.05, 0) is 76.6 Å². The highest BCUT2D eigenvalue weighted by Crippen LogP contribution is 2.31. The number of fused-ring (bicyclic) bond motifs is 1. The van der Waals surface area contributed by atoms with Crippen molar-refractivity contribution < 1.29 is 9.53 Å². The molecule has 0 aliphatic carbocycles. The number of amides is 1. The van der Waals surface area contributed by atoms with Gasteiger partial charge in [0.25, 0.3) is 5.91 Å². The monoisotopic (exact) mass is 493 g/mol. The average molecular weight is 494 g/mol. The topological polar surface area (TPSA) is 63.2 Å². The van der Waals surface area contributed by atoms with Crippen molar-refractivity contribution in [3.63, 3.8) is 0 Å². The van der Waals surface area contributed by atoms with Gasteiger partial charge >= 0.3 is 0 Å². The number of anilines is 1. The van der Waals surface area contributed by atoms with Crippen molar-refractivity contribution >= 4 is 33.3 Å². The van der Waals surface area contributed by atoms with Crippen molar-refractivity contribution in [1.82, 2.24) is 9.69 Å². The van der Waals surface area contributed by atoms with Gasteiger partial charge in [0.1, 0.15) is 11.6 Å². The highest BCUT2D eigenvalue weighted by atomic mass is 32.1. The van der Waals surface area contributed by atoms with Gasteiger partial charge in [0, 0.05) is 24.0 Å². The smallest absolute Gasteiger partial charge is 0.251 e. The molecular weight excluding hydrogens is 466 g/mol. The first-order valence-electron chi connectivity index (χ1n) is 11.9. The predicted octanol–water partition coefficient (Wildman–Crippen LogP) is 6.87. The van der Waals surface area contributed by atoms with Crippen molar-refractivity contribution in [2.24, 2.45) is 0 Å². The number of carbonyl (C=O) groups excluding carboxylic acids is 1. The number of nitrogens with zero attached hydrogens (tertiary/aromatic N) is 1. The molecule has 0 radical (unpaired) electrons.